The summed E-state index contributed by atoms with van der Waals surface area (Å²) in [6.45, 7) is 0. The summed E-state index contributed by atoms with van der Waals surface area (Å²) < 4.78 is 4.39. The van der Waals surface area contributed by atoms with Gasteiger partial charge in [0.25, 0.3) is 0 Å². The van der Waals surface area contributed by atoms with Crippen LogP contribution in [0.25, 0.3) is 0 Å². The molecule has 28 valence electrons. The standard InChI is InChI=1S/C4H3B.Sb/c1-2-3-4-5;/h1-3H;/q-1;. The molecule has 1 rings (SSSR count). The van der Waals surface area contributed by atoms with Crippen molar-refractivity contribution in [3.05, 3.63) is 22.1 Å². The molecule has 0 radical (unpaired) electrons. The van der Waals surface area contributed by atoms with E-state index in [0.29, 0.717) is 0 Å². The van der Waals surface area contributed by atoms with Gasteiger partial charge in [0.1, 0.15) is 0 Å². The van der Waals surface area contributed by atoms with E-state index in [1.807, 2.05) is 6.08 Å². The van der Waals surface area contributed by atoms with Gasteiger partial charge in [0, 0.05) is 0 Å². The number of rotatable bonds is 0. The Kier molecular flexibility index (Phi) is 1.90. The Bertz CT molecular complexity index is 76.9. The number of hydrogen-bond donors (Lipinski definition) is 0. The van der Waals surface area contributed by atoms with E-state index in [1.54, 1.807) is 0 Å². The third-order valence-electron chi connectivity index (χ3n) is 0.514. The number of hydrogen-bond acceptors (Lipinski definition) is 0. The van der Waals surface area contributed by atoms with E-state index >= 15 is 0 Å². The predicted octanol–water partition coefficient (Wildman–Crippen LogP) is 0.154. The molecular weight excluding hydrogens is 181 g/mol. The van der Waals surface area contributed by atoms with Crippen molar-refractivity contribution in [2.75, 3.05) is 0 Å². The van der Waals surface area contributed by atoms with Gasteiger partial charge in [-0.2, -0.15) is 0 Å². The summed E-state index contributed by atoms with van der Waals surface area (Å²) in [6.07, 6.45) is 4.01. The fraction of sp³-hybridized carbons (Fsp3) is 0. The van der Waals surface area contributed by atoms with Crippen molar-refractivity contribution < 1.29 is 0 Å². The van der Waals surface area contributed by atoms with Crippen LogP contribution in [0.1, 0.15) is 0 Å². The molecule has 0 nitrogen and oxygen atoms in total. The summed E-state index contributed by atoms with van der Waals surface area (Å²) in [5, 5.41) is 0. The van der Waals surface area contributed by atoms with Gasteiger partial charge in [0.2, 0.25) is 0 Å². The van der Waals surface area contributed by atoms with Gasteiger partial charge in [-0.05, 0) is 0 Å². The molecule has 0 bridgehead atoms. The van der Waals surface area contributed by atoms with Crippen molar-refractivity contribution in [1.29, 1.82) is 0 Å². The minimum absolute atomic E-state index is 0.0188. The number of allylic oxidation sites excluding steroid dienone is 2. The van der Waals surface area contributed by atoms with E-state index in [-0.39, 0.29) is 20.9 Å². The van der Waals surface area contributed by atoms with Gasteiger partial charge < -0.3 is 0 Å². The molecule has 1 aliphatic heterocycles. The maximum atomic E-state index is 3.01. The zero-order valence-corrected chi connectivity index (χ0v) is 5.81. The van der Waals surface area contributed by atoms with E-state index in [2.05, 4.69) is 20.7 Å². The van der Waals surface area contributed by atoms with Crippen LogP contribution in [0.3, 0.4) is 0 Å². The summed E-state index contributed by atoms with van der Waals surface area (Å²) in [5.74, 6) is 3.01. The van der Waals surface area contributed by atoms with Crippen LogP contribution in [0.5, 0.6) is 0 Å². The Morgan fingerprint density at radius 3 is 2.83 bits per heavy atom. The Labute approximate surface area is 47.9 Å². The summed E-state index contributed by atoms with van der Waals surface area (Å²) in [4.78, 5) is 0. The van der Waals surface area contributed by atoms with Crippen molar-refractivity contribution in [3.8, 4) is 0 Å². The zero-order valence-electron chi connectivity index (χ0n) is 3.26. The van der Waals surface area contributed by atoms with Crippen LogP contribution in [-0.2, 0) is 0 Å². The fourth-order valence-electron chi connectivity index (χ4n) is 0.277. The second kappa shape index (κ2) is 2.52. The van der Waals surface area contributed by atoms with Gasteiger partial charge in [-0.3, -0.25) is 0 Å². The molecular formula is C4H3BSb-. The molecule has 0 aromatic carbocycles. The summed E-state index contributed by atoms with van der Waals surface area (Å²) in [7, 11) is 0. The quantitative estimate of drug-likeness (QED) is 0.371. The van der Waals surface area contributed by atoms with Crippen LogP contribution < -0.4 is 0 Å². The molecule has 0 aliphatic carbocycles. The molecule has 0 N–H and O–H groups in total. The minimum atomic E-state index is -0.0188. The van der Waals surface area contributed by atoms with Crippen molar-refractivity contribution in [3.63, 3.8) is 0 Å². The average molecular weight is 184 g/mol. The SMILES string of the molecule is [B]1=[Sb][CH]=CC=[C-]1. The normalized spacial score (nSPS) is 14.7. The van der Waals surface area contributed by atoms with E-state index in [9.17, 15) is 0 Å². The molecule has 0 fully saturated rings. The summed E-state index contributed by atoms with van der Waals surface area (Å²) >= 11 is -0.0188. The van der Waals surface area contributed by atoms with Crippen LogP contribution in [-0.4, -0.2) is 25.5 Å². The van der Waals surface area contributed by atoms with Gasteiger partial charge in [-0.25, -0.2) is 0 Å². The van der Waals surface area contributed by atoms with E-state index in [4.69, 9.17) is 0 Å². The fourth-order valence-corrected chi connectivity index (χ4v) is 1.54. The van der Waals surface area contributed by atoms with Gasteiger partial charge in [-0.15, -0.1) is 0 Å². The maximum absolute atomic E-state index is 3.01. The Balaban J connectivity index is 2.77. The Hall–Kier alpha value is 0.363. The molecule has 0 saturated heterocycles. The van der Waals surface area contributed by atoms with Crippen molar-refractivity contribution in [1.82, 2.24) is 0 Å². The molecule has 0 saturated carbocycles. The van der Waals surface area contributed by atoms with Crippen LogP contribution in [0, 0.1) is 5.98 Å². The first kappa shape index (κ1) is 4.52. The monoisotopic (exact) mass is 183 g/mol. The summed E-state index contributed by atoms with van der Waals surface area (Å²) in [5.41, 5.74) is 0. The molecule has 0 atom stereocenters. The van der Waals surface area contributed by atoms with E-state index in [1.165, 1.54) is 0 Å². The predicted molar refractivity (Wildman–Crippen MR) is 28.5 cm³/mol. The van der Waals surface area contributed by atoms with Crippen LogP contribution in [0.4, 0.5) is 0 Å². The van der Waals surface area contributed by atoms with Gasteiger partial charge in [-0.1, -0.05) is 0 Å². The van der Waals surface area contributed by atoms with Crippen molar-refractivity contribution in [2.24, 2.45) is 0 Å². The first-order chi connectivity index (χ1) is 3.00. The molecule has 6 heavy (non-hydrogen) atoms. The first-order valence-corrected chi connectivity index (χ1v) is 4.71. The zero-order chi connectivity index (χ0) is 4.24. The molecule has 1 aliphatic rings. The Morgan fingerprint density at radius 2 is 2.67 bits per heavy atom. The Morgan fingerprint density at radius 1 is 1.67 bits per heavy atom. The van der Waals surface area contributed by atoms with Gasteiger partial charge in [0.05, 0.1) is 0 Å². The van der Waals surface area contributed by atoms with E-state index < -0.39 is 0 Å². The molecule has 2 heteroatoms. The third kappa shape index (κ3) is 1.22. The molecule has 1 heterocycles. The van der Waals surface area contributed by atoms with Crippen molar-refractivity contribution >= 4 is 25.5 Å². The van der Waals surface area contributed by atoms with Gasteiger partial charge in [0.15, 0.2) is 0 Å². The molecule has 0 aromatic heterocycles. The van der Waals surface area contributed by atoms with Crippen molar-refractivity contribution in [2.45, 2.75) is 0 Å². The molecule has 0 aromatic rings. The van der Waals surface area contributed by atoms with Crippen LogP contribution >= 0.6 is 0 Å². The average Bonchev–Trinajstić information content (AvgIpc) is 1.72. The summed E-state index contributed by atoms with van der Waals surface area (Å²) in [6, 6.07) is 0. The molecule has 0 unspecified atom stereocenters. The first-order valence-electron chi connectivity index (χ1n) is 1.76. The molecule has 0 amide bonds. The van der Waals surface area contributed by atoms with Gasteiger partial charge >= 0.3 is 47.7 Å². The second-order valence-corrected chi connectivity index (χ2v) is 3.39. The topological polar surface area (TPSA) is 0 Å². The second-order valence-electron chi connectivity index (χ2n) is 0.953. The van der Waals surface area contributed by atoms with Crippen LogP contribution in [0.15, 0.2) is 16.2 Å². The third-order valence-corrected chi connectivity index (χ3v) is 2.35. The molecule has 0 spiro atoms. The van der Waals surface area contributed by atoms with E-state index in [0.717, 1.165) is 0 Å². The van der Waals surface area contributed by atoms with Crippen LogP contribution in [0.2, 0.25) is 0 Å².